The van der Waals surface area contributed by atoms with E-state index in [9.17, 15) is 0 Å². The van der Waals surface area contributed by atoms with E-state index < -0.39 is 0 Å². The molecule has 0 amide bonds. The highest BCUT2D eigenvalue weighted by molar-refractivity contribution is 7.80. The van der Waals surface area contributed by atoms with Gasteiger partial charge < -0.3 is 0 Å². The van der Waals surface area contributed by atoms with Gasteiger partial charge in [-0.25, -0.2) is 0 Å². The smallest absolute Gasteiger partial charge is 0.0355 e. The highest BCUT2D eigenvalue weighted by Crippen LogP contribution is 2.30. The fourth-order valence-electron chi connectivity index (χ4n) is 2.28. The van der Waals surface area contributed by atoms with E-state index in [0.717, 1.165) is 12.2 Å². The van der Waals surface area contributed by atoms with Gasteiger partial charge in [0.05, 0.1) is 0 Å². The van der Waals surface area contributed by atoms with Crippen molar-refractivity contribution in [3.8, 4) is 0 Å². The van der Waals surface area contributed by atoms with Crippen molar-refractivity contribution in [3.05, 3.63) is 35.4 Å². The van der Waals surface area contributed by atoms with E-state index in [2.05, 4.69) is 48.8 Å². The Morgan fingerprint density at radius 1 is 1.43 bits per heavy atom. The minimum atomic E-state index is 0.581. The van der Waals surface area contributed by atoms with Crippen LogP contribution < -0.4 is 0 Å². The Balaban J connectivity index is 2.31. The number of hydrogen-bond acceptors (Lipinski definition) is 2. The molecule has 2 heteroatoms. The molecule has 1 aromatic carbocycles. The first-order valence-electron chi connectivity index (χ1n) is 5.22. The fraction of sp³-hybridized carbons (Fsp3) is 0.500. The Kier molecular flexibility index (Phi) is 3.14. The summed E-state index contributed by atoms with van der Waals surface area (Å²) in [5.74, 6) is 0.962. The second-order valence-electron chi connectivity index (χ2n) is 3.96. The highest BCUT2D eigenvalue weighted by Gasteiger charge is 2.22. The van der Waals surface area contributed by atoms with Crippen LogP contribution in [0.5, 0.6) is 0 Å². The van der Waals surface area contributed by atoms with E-state index in [1.807, 2.05) is 0 Å². The van der Waals surface area contributed by atoms with E-state index in [-0.39, 0.29) is 0 Å². The van der Waals surface area contributed by atoms with Gasteiger partial charge in [0, 0.05) is 12.6 Å². The van der Waals surface area contributed by atoms with Crippen molar-refractivity contribution in [2.45, 2.75) is 18.9 Å². The Bertz CT molecular complexity index is 311. The lowest BCUT2D eigenvalue weighted by Crippen LogP contribution is -2.32. The standard InChI is InChI=1S/C12H17NS/c1-13-8-6-10-4-2-3-5-11(10)12(13)7-9-14/h2-5,12,14H,6-9H2,1H3. The molecule has 0 spiro atoms. The van der Waals surface area contributed by atoms with Gasteiger partial charge in [-0.3, -0.25) is 4.90 Å². The monoisotopic (exact) mass is 207 g/mol. The molecule has 0 aromatic heterocycles. The predicted molar refractivity (Wildman–Crippen MR) is 64.0 cm³/mol. The van der Waals surface area contributed by atoms with Crippen molar-refractivity contribution in [2.24, 2.45) is 0 Å². The summed E-state index contributed by atoms with van der Waals surface area (Å²) in [6, 6.07) is 9.38. The van der Waals surface area contributed by atoms with E-state index >= 15 is 0 Å². The van der Waals surface area contributed by atoms with Gasteiger partial charge in [0.25, 0.3) is 0 Å². The third kappa shape index (κ3) is 1.82. The zero-order valence-electron chi connectivity index (χ0n) is 8.61. The van der Waals surface area contributed by atoms with Crippen molar-refractivity contribution < 1.29 is 0 Å². The van der Waals surface area contributed by atoms with Gasteiger partial charge >= 0.3 is 0 Å². The molecule has 1 atom stereocenters. The number of nitrogens with zero attached hydrogens (tertiary/aromatic N) is 1. The molecule has 1 unspecified atom stereocenters. The molecular weight excluding hydrogens is 190 g/mol. The van der Waals surface area contributed by atoms with Crippen LogP contribution >= 0.6 is 12.6 Å². The molecule has 0 fully saturated rings. The third-order valence-electron chi connectivity index (χ3n) is 3.08. The Morgan fingerprint density at radius 3 is 3.00 bits per heavy atom. The minimum Gasteiger partial charge on any atom is -0.299 e. The van der Waals surface area contributed by atoms with Crippen molar-refractivity contribution >= 4 is 12.6 Å². The zero-order valence-corrected chi connectivity index (χ0v) is 9.50. The summed E-state index contributed by atoms with van der Waals surface area (Å²) in [7, 11) is 2.21. The lowest BCUT2D eigenvalue weighted by atomic mass is 9.92. The minimum absolute atomic E-state index is 0.581. The van der Waals surface area contributed by atoms with E-state index in [1.165, 1.54) is 24.1 Å². The summed E-state index contributed by atoms with van der Waals surface area (Å²) < 4.78 is 0. The van der Waals surface area contributed by atoms with Crippen molar-refractivity contribution in [1.29, 1.82) is 0 Å². The van der Waals surface area contributed by atoms with Crippen LogP contribution in [-0.2, 0) is 6.42 Å². The van der Waals surface area contributed by atoms with Crippen LogP contribution in [0.4, 0.5) is 0 Å². The fourth-order valence-corrected chi connectivity index (χ4v) is 2.52. The van der Waals surface area contributed by atoms with Crippen molar-refractivity contribution in [2.75, 3.05) is 19.3 Å². The molecule has 0 saturated heterocycles. The SMILES string of the molecule is CN1CCc2ccccc2C1CCS. The van der Waals surface area contributed by atoms with Crippen LogP contribution in [0.1, 0.15) is 23.6 Å². The summed E-state index contributed by atoms with van der Waals surface area (Å²) in [4.78, 5) is 2.44. The van der Waals surface area contributed by atoms with Crippen LogP contribution in [0.25, 0.3) is 0 Å². The number of likely N-dealkylation sites (N-methyl/N-ethyl adjacent to an activating group) is 1. The first-order valence-corrected chi connectivity index (χ1v) is 5.85. The van der Waals surface area contributed by atoms with E-state index in [0.29, 0.717) is 6.04 Å². The highest BCUT2D eigenvalue weighted by atomic mass is 32.1. The molecule has 0 bridgehead atoms. The second-order valence-corrected chi connectivity index (χ2v) is 4.40. The summed E-state index contributed by atoms with van der Waals surface area (Å²) in [5, 5.41) is 0. The molecule has 76 valence electrons. The van der Waals surface area contributed by atoms with Crippen molar-refractivity contribution in [1.82, 2.24) is 4.90 Å². The Morgan fingerprint density at radius 2 is 2.21 bits per heavy atom. The summed E-state index contributed by atoms with van der Waals surface area (Å²) >= 11 is 4.34. The number of rotatable bonds is 2. The maximum atomic E-state index is 4.34. The van der Waals surface area contributed by atoms with Crippen LogP contribution in [-0.4, -0.2) is 24.2 Å². The number of fused-ring (bicyclic) bond motifs is 1. The Labute approximate surface area is 91.5 Å². The van der Waals surface area contributed by atoms with Gasteiger partial charge in [0.15, 0.2) is 0 Å². The normalized spacial score (nSPS) is 22.0. The van der Waals surface area contributed by atoms with Gasteiger partial charge in [-0.1, -0.05) is 24.3 Å². The number of hydrogen-bond donors (Lipinski definition) is 1. The lowest BCUT2D eigenvalue weighted by molar-refractivity contribution is 0.226. The van der Waals surface area contributed by atoms with Gasteiger partial charge in [-0.05, 0) is 36.8 Å². The van der Waals surface area contributed by atoms with Gasteiger partial charge in [-0.2, -0.15) is 12.6 Å². The van der Waals surface area contributed by atoms with Crippen LogP contribution in [0.3, 0.4) is 0 Å². The lowest BCUT2D eigenvalue weighted by Gasteiger charge is -2.34. The predicted octanol–water partition coefficient (Wildman–Crippen LogP) is 2.54. The third-order valence-corrected chi connectivity index (χ3v) is 3.34. The van der Waals surface area contributed by atoms with Gasteiger partial charge in [-0.15, -0.1) is 0 Å². The molecule has 14 heavy (non-hydrogen) atoms. The maximum absolute atomic E-state index is 4.34. The summed E-state index contributed by atoms with van der Waals surface area (Å²) in [5.41, 5.74) is 3.03. The average Bonchev–Trinajstić information content (AvgIpc) is 2.23. The van der Waals surface area contributed by atoms with Crippen LogP contribution in [0.2, 0.25) is 0 Å². The number of benzene rings is 1. The molecule has 0 N–H and O–H groups in total. The molecule has 2 rings (SSSR count). The largest absolute Gasteiger partial charge is 0.299 e. The Hall–Kier alpha value is -0.470. The molecule has 0 aliphatic carbocycles. The first-order chi connectivity index (χ1) is 6.83. The van der Waals surface area contributed by atoms with Gasteiger partial charge in [0.2, 0.25) is 0 Å². The maximum Gasteiger partial charge on any atom is 0.0355 e. The van der Waals surface area contributed by atoms with Crippen LogP contribution in [0.15, 0.2) is 24.3 Å². The van der Waals surface area contributed by atoms with Gasteiger partial charge in [0.1, 0.15) is 0 Å². The first kappa shape index (κ1) is 10.1. The quantitative estimate of drug-likeness (QED) is 0.729. The van der Waals surface area contributed by atoms with Crippen molar-refractivity contribution in [3.63, 3.8) is 0 Å². The molecule has 0 saturated carbocycles. The van der Waals surface area contributed by atoms with E-state index in [1.54, 1.807) is 0 Å². The average molecular weight is 207 g/mol. The molecule has 1 heterocycles. The zero-order chi connectivity index (χ0) is 9.97. The van der Waals surface area contributed by atoms with Crippen LogP contribution in [0, 0.1) is 0 Å². The summed E-state index contributed by atoms with van der Waals surface area (Å²) in [6.07, 6.45) is 2.34. The number of thiol groups is 1. The molecular formula is C12H17NS. The molecule has 1 aliphatic heterocycles. The topological polar surface area (TPSA) is 3.24 Å². The molecule has 1 aliphatic rings. The molecule has 1 nitrogen and oxygen atoms in total. The molecule has 0 radical (unpaired) electrons. The second kappa shape index (κ2) is 4.37. The van der Waals surface area contributed by atoms with E-state index in [4.69, 9.17) is 0 Å². The molecule has 1 aromatic rings. The summed E-state index contributed by atoms with van der Waals surface area (Å²) in [6.45, 7) is 1.18.